The van der Waals surface area contributed by atoms with E-state index in [1.165, 1.54) is 27.7 Å². The minimum atomic E-state index is -1.43. The number of carbonyl (C=O) groups is 5. The molecule has 0 spiro atoms. The Bertz CT molecular complexity index is 1170. The van der Waals surface area contributed by atoms with E-state index in [4.69, 9.17) is 37.9 Å². The number of hydrogen-bond acceptors (Lipinski definition) is 13. The van der Waals surface area contributed by atoms with E-state index < -0.39 is 85.3 Å². The first kappa shape index (κ1) is 40.6. The quantitative estimate of drug-likeness (QED) is 0.224. The summed E-state index contributed by atoms with van der Waals surface area (Å²) in [5.74, 6) is -2.54. The second kappa shape index (κ2) is 17.9. The predicted molar refractivity (Wildman–Crippen MR) is 172 cm³/mol. The third-order valence-corrected chi connectivity index (χ3v) is 9.85. The van der Waals surface area contributed by atoms with Gasteiger partial charge in [0, 0.05) is 46.5 Å². The number of esters is 3. The highest BCUT2D eigenvalue weighted by molar-refractivity contribution is 5.74. The Labute approximate surface area is 289 Å². The fourth-order valence-corrected chi connectivity index (χ4v) is 7.02. The lowest BCUT2D eigenvalue weighted by atomic mass is 9.78. The molecule has 15 heteroatoms. The van der Waals surface area contributed by atoms with E-state index in [0.29, 0.717) is 18.3 Å². The van der Waals surface area contributed by atoms with Crippen molar-refractivity contribution in [1.29, 1.82) is 0 Å². The molecule has 15 atom stereocenters. The molecule has 2 amide bonds. The predicted octanol–water partition coefficient (Wildman–Crippen LogP) is 2.36. The molecule has 0 aromatic heterocycles. The van der Waals surface area contributed by atoms with Crippen LogP contribution in [0.25, 0.3) is 0 Å². The average molecular weight is 701 g/mol. The molecule has 3 aliphatic heterocycles. The summed E-state index contributed by atoms with van der Waals surface area (Å²) < 4.78 is 48.7. The average Bonchev–Trinajstić information content (AvgIpc) is 3.00. The molecule has 0 aromatic rings. The summed E-state index contributed by atoms with van der Waals surface area (Å²) in [6, 6.07) is -2.00. The van der Waals surface area contributed by atoms with Gasteiger partial charge in [0.05, 0.1) is 24.4 Å². The highest BCUT2D eigenvalue weighted by atomic mass is 16.8. The maximum absolute atomic E-state index is 12.6. The summed E-state index contributed by atoms with van der Waals surface area (Å²) in [6.45, 7) is 18.2. The van der Waals surface area contributed by atoms with Crippen LogP contribution >= 0.6 is 0 Å². The van der Waals surface area contributed by atoms with Crippen molar-refractivity contribution in [2.24, 2.45) is 23.7 Å². The molecule has 49 heavy (non-hydrogen) atoms. The standard InChI is InChI=1S/C34H56N2O13/c1-12-24-16(4)15(3)17(5)32(45-24)48-29-18(6)27(35-19(7)37)33(46-25(29)13-2)49-30-26(14-42-21(9)39)47-34(44-23(11)41)28(36-20(8)38)31(30)43-22(10)40/h15-18,24-34H,12-14H2,1-11H3,(H,35,37)(H,36,38)/t15-,16-,17?,18+,24?,25?,26?,27?,28?,29-,30+,31+,32-,33-,34+/m0/s1. The lowest BCUT2D eigenvalue weighted by molar-refractivity contribution is -0.342. The maximum Gasteiger partial charge on any atom is 0.305 e. The van der Waals surface area contributed by atoms with Gasteiger partial charge in [0.15, 0.2) is 18.7 Å². The van der Waals surface area contributed by atoms with Gasteiger partial charge in [-0.3, -0.25) is 24.0 Å². The molecular formula is C34H56N2O13. The zero-order chi connectivity index (χ0) is 36.7. The van der Waals surface area contributed by atoms with Crippen molar-refractivity contribution in [2.75, 3.05) is 6.61 Å². The molecule has 0 radical (unpaired) electrons. The molecule has 3 heterocycles. The van der Waals surface area contributed by atoms with Crippen molar-refractivity contribution in [3.8, 4) is 0 Å². The van der Waals surface area contributed by atoms with Crippen LogP contribution in [0.1, 0.15) is 89.0 Å². The van der Waals surface area contributed by atoms with Crippen LogP contribution in [0.15, 0.2) is 0 Å². The monoisotopic (exact) mass is 700 g/mol. The van der Waals surface area contributed by atoms with E-state index in [0.717, 1.165) is 13.3 Å². The molecule has 280 valence electrons. The van der Waals surface area contributed by atoms with Crippen LogP contribution in [-0.4, -0.2) is 104 Å². The summed E-state index contributed by atoms with van der Waals surface area (Å²) >= 11 is 0. The molecule has 15 nitrogen and oxygen atoms in total. The van der Waals surface area contributed by atoms with Crippen LogP contribution in [0.5, 0.6) is 0 Å². The van der Waals surface area contributed by atoms with E-state index >= 15 is 0 Å². The zero-order valence-electron chi connectivity index (χ0n) is 30.6. The topological polar surface area (TPSA) is 183 Å². The molecule has 3 rings (SSSR count). The Kier molecular flexibility index (Phi) is 14.8. The van der Waals surface area contributed by atoms with Gasteiger partial charge in [0.2, 0.25) is 18.1 Å². The van der Waals surface area contributed by atoms with E-state index in [1.807, 2.05) is 13.8 Å². The largest absolute Gasteiger partial charge is 0.463 e. The van der Waals surface area contributed by atoms with Crippen LogP contribution in [0.3, 0.4) is 0 Å². The van der Waals surface area contributed by atoms with Crippen LogP contribution in [0.2, 0.25) is 0 Å². The van der Waals surface area contributed by atoms with Gasteiger partial charge in [-0.05, 0) is 24.7 Å². The van der Waals surface area contributed by atoms with Gasteiger partial charge in [0.25, 0.3) is 0 Å². The van der Waals surface area contributed by atoms with E-state index in [9.17, 15) is 24.0 Å². The fraction of sp³-hybridized carbons (Fsp3) is 0.853. The van der Waals surface area contributed by atoms with Crippen LogP contribution in [-0.2, 0) is 61.9 Å². The first-order valence-electron chi connectivity index (χ1n) is 17.3. The number of carbonyl (C=O) groups excluding carboxylic acids is 5. The van der Waals surface area contributed by atoms with Crippen LogP contribution in [0.4, 0.5) is 0 Å². The Hall–Kier alpha value is -2.85. The second-order valence-corrected chi connectivity index (χ2v) is 13.5. The third kappa shape index (κ3) is 10.3. The molecule has 6 unspecified atom stereocenters. The van der Waals surface area contributed by atoms with Crippen molar-refractivity contribution < 1.29 is 61.9 Å². The highest BCUT2D eigenvalue weighted by Gasteiger charge is 2.55. The minimum absolute atomic E-state index is 0.0318. The number of nitrogens with one attached hydrogen (secondary N) is 2. The van der Waals surface area contributed by atoms with Crippen molar-refractivity contribution in [1.82, 2.24) is 10.6 Å². The molecule has 0 aromatic carbocycles. The molecule has 0 aliphatic carbocycles. The van der Waals surface area contributed by atoms with Gasteiger partial charge in [-0.1, -0.05) is 41.5 Å². The summed E-state index contributed by atoms with van der Waals surface area (Å²) in [6.07, 6.45) is -6.43. The lowest BCUT2D eigenvalue weighted by Gasteiger charge is -2.51. The first-order valence-corrected chi connectivity index (χ1v) is 17.3. The Balaban J connectivity index is 2.01. The summed E-state index contributed by atoms with van der Waals surface area (Å²) in [7, 11) is 0. The van der Waals surface area contributed by atoms with Gasteiger partial charge in [0.1, 0.15) is 24.9 Å². The Morgan fingerprint density at radius 1 is 0.531 bits per heavy atom. The highest BCUT2D eigenvalue weighted by Crippen LogP contribution is 2.40. The molecule has 2 N–H and O–H groups in total. The van der Waals surface area contributed by atoms with Crippen molar-refractivity contribution >= 4 is 29.7 Å². The molecule has 3 saturated heterocycles. The Morgan fingerprint density at radius 2 is 1.06 bits per heavy atom. The van der Waals surface area contributed by atoms with E-state index in [2.05, 4.69) is 38.3 Å². The van der Waals surface area contributed by atoms with Gasteiger partial charge in [-0.15, -0.1) is 0 Å². The fourth-order valence-electron chi connectivity index (χ4n) is 7.02. The molecular weight excluding hydrogens is 644 g/mol. The summed E-state index contributed by atoms with van der Waals surface area (Å²) in [4.78, 5) is 61.3. The molecule has 0 saturated carbocycles. The molecule has 3 aliphatic rings. The van der Waals surface area contributed by atoms with Crippen molar-refractivity contribution in [3.63, 3.8) is 0 Å². The number of hydrogen-bond donors (Lipinski definition) is 2. The number of ether oxygens (including phenoxy) is 8. The number of amides is 2. The van der Waals surface area contributed by atoms with Crippen molar-refractivity contribution in [2.45, 2.75) is 157 Å². The molecule has 0 bridgehead atoms. The van der Waals surface area contributed by atoms with E-state index in [1.54, 1.807) is 0 Å². The second-order valence-electron chi connectivity index (χ2n) is 13.5. The van der Waals surface area contributed by atoms with Gasteiger partial charge in [-0.25, -0.2) is 0 Å². The summed E-state index contributed by atoms with van der Waals surface area (Å²) in [5, 5.41) is 5.58. The SMILES string of the molecule is CCC1O[C@@H](O[C@@H]2C(CC)O[C@@H](O[C@@H]3C(COC(C)=O)O[C@@H](OC(C)=O)C(NC(C)=O)[C@H]3OC(C)=O)C(NC(C)=O)[C@H]2C)C(C)[C@@H](C)[C@@H]1C. The third-order valence-electron chi connectivity index (χ3n) is 9.85. The maximum atomic E-state index is 12.6. The normalized spacial score (nSPS) is 39.3. The van der Waals surface area contributed by atoms with Gasteiger partial charge in [-0.2, -0.15) is 0 Å². The zero-order valence-corrected chi connectivity index (χ0v) is 30.6. The van der Waals surface area contributed by atoms with Crippen LogP contribution < -0.4 is 10.6 Å². The van der Waals surface area contributed by atoms with E-state index in [-0.39, 0.29) is 30.5 Å². The number of rotatable bonds is 12. The molecule has 3 fully saturated rings. The van der Waals surface area contributed by atoms with Gasteiger partial charge < -0.3 is 48.5 Å². The minimum Gasteiger partial charge on any atom is -0.463 e. The Morgan fingerprint density at radius 3 is 1.59 bits per heavy atom. The summed E-state index contributed by atoms with van der Waals surface area (Å²) in [5.41, 5.74) is 0. The van der Waals surface area contributed by atoms with Crippen LogP contribution in [0, 0.1) is 23.7 Å². The van der Waals surface area contributed by atoms with Gasteiger partial charge >= 0.3 is 17.9 Å². The smallest absolute Gasteiger partial charge is 0.305 e. The first-order chi connectivity index (χ1) is 23.0. The lowest BCUT2D eigenvalue weighted by Crippen LogP contribution is -2.69. The van der Waals surface area contributed by atoms with Crippen molar-refractivity contribution in [3.05, 3.63) is 0 Å².